The number of carbonyl (C=O) groups is 4. The second-order valence-corrected chi connectivity index (χ2v) is 9.60. The Morgan fingerprint density at radius 3 is 2.25 bits per heavy atom. The maximum Gasteiger partial charge on any atom is 0.225 e. The number of rotatable bonds is 9. The molecule has 3 rings (SSSR count). The zero-order valence-electron chi connectivity index (χ0n) is 19.4. The molecule has 0 aromatic carbocycles. The largest absolute Gasteiger partial charge is 0.369 e. The van der Waals surface area contributed by atoms with E-state index in [1.165, 1.54) is 0 Å². The fourth-order valence-corrected chi connectivity index (χ4v) is 5.16. The van der Waals surface area contributed by atoms with E-state index in [1.54, 1.807) is 11.9 Å². The van der Waals surface area contributed by atoms with Crippen LogP contribution in [0.5, 0.6) is 0 Å². The van der Waals surface area contributed by atoms with Gasteiger partial charge in [0, 0.05) is 58.0 Å². The van der Waals surface area contributed by atoms with Crippen LogP contribution in [0.1, 0.15) is 57.8 Å². The lowest BCUT2D eigenvalue weighted by Gasteiger charge is -2.41. The highest BCUT2D eigenvalue weighted by Gasteiger charge is 2.32. The molecule has 9 nitrogen and oxygen atoms in total. The van der Waals surface area contributed by atoms with E-state index in [-0.39, 0.29) is 35.5 Å². The van der Waals surface area contributed by atoms with Crippen molar-refractivity contribution < 1.29 is 19.2 Å². The molecule has 32 heavy (non-hydrogen) atoms. The monoisotopic (exact) mass is 449 g/mol. The van der Waals surface area contributed by atoms with Crippen molar-refractivity contribution in [3.05, 3.63) is 0 Å². The molecule has 180 valence electrons. The van der Waals surface area contributed by atoms with Crippen molar-refractivity contribution in [2.45, 2.75) is 63.8 Å². The van der Waals surface area contributed by atoms with Crippen LogP contribution < -0.4 is 11.1 Å². The van der Waals surface area contributed by atoms with E-state index in [4.69, 9.17) is 5.73 Å². The van der Waals surface area contributed by atoms with Crippen molar-refractivity contribution in [1.29, 1.82) is 0 Å². The summed E-state index contributed by atoms with van der Waals surface area (Å²) in [6, 6.07) is 0.506. The van der Waals surface area contributed by atoms with Gasteiger partial charge in [0.2, 0.25) is 23.6 Å². The Morgan fingerprint density at radius 1 is 0.969 bits per heavy atom. The minimum Gasteiger partial charge on any atom is -0.369 e. The number of primary amides is 1. The number of hydrogen-bond donors (Lipinski definition) is 2. The van der Waals surface area contributed by atoms with Crippen molar-refractivity contribution in [3.63, 3.8) is 0 Å². The standard InChI is InChI=1S/C23H39N5O4/c1-26-16-18(15-21(26)30)23(32)25-10-4-2-3-5-20(29)28-13-8-19(9-14-28)27-11-6-17(7-12-27)22(24)31/h17-19H,2-16H2,1H3,(H2,24,31)(H,25,32). The Hall–Kier alpha value is -2.16. The van der Waals surface area contributed by atoms with E-state index in [0.717, 1.165) is 71.1 Å². The highest BCUT2D eigenvalue weighted by molar-refractivity contribution is 5.89. The van der Waals surface area contributed by atoms with Crippen LogP contribution in [0.15, 0.2) is 0 Å². The Bertz CT molecular complexity index is 684. The molecule has 0 spiro atoms. The van der Waals surface area contributed by atoms with E-state index in [2.05, 4.69) is 10.2 Å². The summed E-state index contributed by atoms with van der Waals surface area (Å²) >= 11 is 0. The van der Waals surface area contributed by atoms with Gasteiger partial charge in [-0.2, -0.15) is 0 Å². The molecule has 1 atom stereocenters. The first-order chi connectivity index (χ1) is 15.3. The molecule has 3 N–H and O–H groups in total. The lowest BCUT2D eigenvalue weighted by molar-refractivity contribution is -0.133. The minimum absolute atomic E-state index is 0.0230. The van der Waals surface area contributed by atoms with Gasteiger partial charge in [0.15, 0.2) is 0 Å². The zero-order valence-corrected chi connectivity index (χ0v) is 19.4. The number of carbonyl (C=O) groups excluding carboxylic acids is 4. The predicted molar refractivity (Wildman–Crippen MR) is 120 cm³/mol. The summed E-state index contributed by atoms with van der Waals surface area (Å²) in [7, 11) is 1.73. The molecule has 3 aliphatic heterocycles. The Morgan fingerprint density at radius 2 is 1.66 bits per heavy atom. The number of piperidine rings is 2. The van der Waals surface area contributed by atoms with Gasteiger partial charge in [-0.1, -0.05) is 6.42 Å². The quantitative estimate of drug-likeness (QED) is 0.492. The third kappa shape index (κ3) is 6.67. The maximum atomic E-state index is 12.5. The Balaban J connectivity index is 1.22. The van der Waals surface area contributed by atoms with Crippen LogP contribution >= 0.6 is 0 Å². The van der Waals surface area contributed by atoms with Crippen LogP contribution in [-0.2, 0) is 19.2 Å². The average Bonchev–Trinajstić information content (AvgIpc) is 3.14. The second kappa shape index (κ2) is 11.6. The maximum absolute atomic E-state index is 12.5. The summed E-state index contributed by atoms with van der Waals surface area (Å²) < 4.78 is 0. The first-order valence-electron chi connectivity index (χ1n) is 12.2. The molecular formula is C23H39N5O4. The predicted octanol–water partition coefficient (Wildman–Crippen LogP) is 0.330. The van der Waals surface area contributed by atoms with E-state index in [9.17, 15) is 19.2 Å². The number of likely N-dealkylation sites (tertiary alicyclic amines) is 3. The molecule has 0 radical (unpaired) electrons. The van der Waals surface area contributed by atoms with Crippen LogP contribution in [0.2, 0.25) is 0 Å². The molecule has 1 unspecified atom stereocenters. The lowest BCUT2D eigenvalue weighted by Crippen LogP contribution is -2.49. The molecule has 3 heterocycles. The highest BCUT2D eigenvalue weighted by atomic mass is 16.2. The molecule has 3 fully saturated rings. The van der Waals surface area contributed by atoms with Crippen molar-refractivity contribution in [2.75, 3.05) is 46.3 Å². The average molecular weight is 450 g/mol. The highest BCUT2D eigenvalue weighted by Crippen LogP contribution is 2.24. The third-order valence-corrected chi connectivity index (χ3v) is 7.34. The molecule has 0 saturated carbocycles. The molecule has 3 saturated heterocycles. The third-order valence-electron chi connectivity index (χ3n) is 7.34. The van der Waals surface area contributed by atoms with Crippen LogP contribution in [0.25, 0.3) is 0 Å². The topological polar surface area (TPSA) is 116 Å². The van der Waals surface area contributed by atoms with Crippen molar-refractivity contribution in [3.8, 4) is 0 Å². The van der Waals surface area contributed by atoms with Crippen LogP contribution in [0.3, 0.4) is 0 Å². The number of unbranched alkanes of at least 4 members (excludes halogenated alkanes) is 2. The number of nitrogens with two attached hydrogens (primary N) is 1. The van der Waals surface area contributed by atoms with E-state index in [1.807, 2.05) is 4.90 Å². The normalized spacial score (nSPS) is 23.5. The van der Waals surface area contributed by atoms with Crippen molar-refractivity contribution in [2.24, 2.45) is 17.6 Å². The second-order valence-electron chi connectivity index (χ2n) is 9.60. The van der Waals surface area contributed by atoms with E-state index >= 15 is 0 Å². The lowest BCUT2D eigenvalue weighted by atomic mass is 9.93. The molecule has 0 bridgehead atoms. The summed E-state index contributed by atoms with van der Waals surface area (Å²) in [4.78, 5) is 53.5. The smallest absolute Gasteiger partial charge is 0.225 e. The molecule has 0 aliphatic carbocycles. The van der Waals surface area contributed by atoms with E-state index in [0.29, 0.717) is 32.0 Å². The van der Waals surface area contributed by atoms with Gasteiger partial charge in [0.1, 0.15) is 0 Å². The number of amides is 4. The molecule has 9 heteroatoms. The summed E-state index contributed by atoms with van der Waals surface area (Å²) in [5, 5.41) is 2.92. The Kier molecular flexibility index (Phi) is 8.90. The molecule has 4 amide bonds. The van der Waals surface area contributed by atoms with Crippen LogP contribution in [0.4, 0.5) is 0 Å². The van der Waals surface area contributed by atoms with E-state index < -0.39 is 0 Å². The van der Waals surface area contributed by atoms with Gasteiger partial charge < -0.3 is 25.8 Å². The van der Waals surface area contributed by atoms with Gasteiger partial charge in [-0.25, -0.2) is 0 Å². The van der Waals surface area contributed by atoms with Gasteiger partial charge in [0.05, 0.1) is 5.92 Å². The zero-order chi connectivity index (χ0) is 23.1. The number of nitrogens with one attached hydrogen (secondary N) is 1. The molecule has 3 aliphatic rings. The number of nitrogens with zero attached hydrogens (tertiary/aromatic N) is 3. The summed E-state index contributed by atoms with van der Waals surface area (Å²) in [6.45, 7) is 4.57. The number of hydrogen-bond acceptors (Lipinski definition) is 5. The summed E-state index contributed by atoms with van der Waals surface area (Å²) in [5.74, 6) is -0.166. The van der Waals surface area contributed by atoms with Crippen molar-refractivity contribution >= 4 is 23.6 Å². The SMILES string of the molecule is CN1CC(C(=O)NCCCCCC(=O)N2CCC(N3CCC(C(N)=O)CC3)CC2)CC1=O. The fraction of sp³-hybridized carbons (Fsp3) is 0.826. The summed E-state index contributed by atoms with van der Waals surface area (Å²) in [6.07, 6.45) is 7.15. The summed E-state index contributed by atoms with van der Waals surface area (Å²) in [5.41, 5.74) is 5.42. The van der Waals surface area contributed by atoms with Gasteiger partial charge in [-0.05, 0) is 51.6 Å². The minimum atomic E-state index is -0.230. The van der Waals surface area contributed by atoms with Gasteiger partial charge in [-0.15, -0.1) is 0 Å². The first kappa shape index (κ1) is 24.5. The molecule has 0 aromatic heterocycles. The van der Waals surface area contributed by atoms with Gasteiger partial charge >= 0.3 is 0 Å². The van der Waals surface area contributed by atoms with Gasteiger partial charge in [0.25, 0.3) is 0 Å². The fourth-order valence-electron chi connectivity index (χ4n) is 5.16. The van der Waals surface area contributed by atoms with Gasteiger partial charge in [-0.3, -0.25) is 19.2 Å². The van der Waals surface area contributed by atoms with Crippen molar-refractivity contribution in [1.82, 2.24) is 20.0 Å². The molecule has 0 aromatic rings. The Labute approximate surface area is 191 Å². The van der Waals surface area contributed by atoms with Crippen LogP contribution in [0, 0.1) is 11.8 Å². The molecular weight excluding hydrogens is 410 g/mol. The first-order valence-corrected chi connectivity index (χ1v) is 12.2. The van der Waals surface area contributed by atoms with Crippen LogP contribution in [-0.4, -0.2) is 90.7 Å².